The number of anilines is 1. The van der Waals surface area contributed by atoms with Crippen molar-refractivity contribution in [2.24, 2.45) is 11.8 Å². The summed E-state index contributed by atoms with van der Waals surface area (Å²) < 4.78 is 0. The van der Waals surface area contributed by atoms with Gasteiger partial charge in [0.15, 0.2) is 0 Å². The van der Waals surface area contributed by atoms with Gasteiger partial charge in [0.25, 0.3) is 0 Å². The first-order chi connectivity index (χ1) is 11.7. The van der Waals surface area contributed by atoms with E-state index in [1.807, 2.05) is 0 Å². The van der Waals surface area contributed by atoms with E-state index in [-0.39, 0.29) is 12.0 Å². The third kappa shape index (κ3) is 3.16. The number of benzene rings is 1. The fourth-order valence-electron chi connectivity index (χ4n) is 5.01. The quantitative estimate of drug-likeness (QED) is 0.783. The lowest BCUT2D eigenvalue weighted by molar-refractivity contribution is -0.144. The highest BCUT2D eigenvalue weighted by atomic mass is 16.4. The van der Waals surface area contributed by atoms with E-state index in [1.165, 1.54) is 44.9 Å². The second-order valence-corrected chi connectivity index (χ2v) is 7.87. The molecule has 24 heavy (non-hydrogen) atoms. The van der Waals surface area contributed by atoms with Gasteiger partial charge in [0, 0.05) is 23.8 Å². The molecule has 4 rings (SSSR count). The summed E-state index contributed by atoms with van der Waals surface area (Å²) in [5.74, 6) is -0.422. The monoisotopic (exact) mass is 328 g/mol. The van der Waals surface area contributed by atoms with Crippen LogP contribution in [0.1, 0.15) is 63.0 Å². The zero-order valence-electron chi connectivity index (χ0n) is 14.2. The van der Waals surface area contributed by atoms with Crippen molar-refractivity contribution in [2.45, 2.75) is 69.5 Å². The Bertz CT molecular complexity index is 580. The summed E-state index contributed by atoms with van der Waals surface area (Å²) in [6.07, 6.45) is 9.58. The van der Waals surface area contributed by atoms with Crippen LogP contribution >= 0.6 is 0 Å². The summed E-state index contributed by atoms with van der Waals surface area (Å²) in [5.41, 5.74) is 2.27. The molecule has 4 heteroatoms. The smallest absolute Gasteiger partial charge is 0.308 e. The Hall–Kier alpha value is -1.55. The van der Waals surface area contributed by atoms with Gasteiger partial charge >= 0.3 is 5.97 Å². The van der Waals surface area contributed by atoms with Crippen LogP contribution in [0.25, 0.3) is 0 Å². The van der Waals surface area contributed by atoms with Crippen LogP contribution in [0.4, 0.5) is 5.69 Å². The molecule has 1 heterocycles. The SMILES string of the molecule is O=C(O)[C@H]1C[C@H]2CCC[C@H]2N[C@H]1c1ccc(NC2CCCC2)cc1. The largest absolute Gasteiger partial charge is 0.481 e. The molecule has 3 N–H and O–H groups in total. The van der Waals surface area contributed by atoms with E-state index in [0.29, 0.717) is 18.0 Å². The molecule has 0 bridgehead atoms. The summed E-state index contributed by atoms with van der Waals surface area (Å²) >= 11 is 0. The summed E-state index contributed by atoms with van der Waals surface area (Å²) in [7, 11) is 0. The highest BCUT2D eigenvalue weighted by molar-refractivity contribution is 5.71. The molecule has 1 aromatic carbocycles. The number of rotatable bonds is 4. The zero-order chi connectivity index (χ0) is 16.5. The molecule has 0 amide bonds. The Morgan fingerprint density at radius 3 is 2.50 bits per heavy atom. The van der Waals surface area contributed by atoms with E-state index in [9.17, 15) is 9.90 Å². The number of carbonyl (C=O) groups is 1. The van der Waals surface area contributed by atoms with Crippen molar-refractivity contribution in [3.63, 3.8) is 0 Å². The molecule has 2 aliphatic carbocycles. The number of piperidine rings is 1. The highest BCUT2D eigenvalue weighted by Gasteiger charge is 2.42. The fraction of sp³-hybridized carbons (Fsp3) is 0.650. The van der Waals surface area contributed by atoms with Gasteiger partial charge in [-0.1, -0.05) is 31.4 Å². The molecule has 4 nitrogen and oxygen atoms in total. The van der Waals surface area contributed by atoms with Gasteiger partial charge in [-0.15, -0.1) is 0 Å². The number of aliphatic carboxylic acids is 1. The minimum atomic E-state index is -0.661. The topological polar surface area (TPSA) is 61.4 Å². The number of fused-ring (bicyclic) bond motifs is 1. The summed E-state index contributed by atoms with van der Waals surface area (Å²) in [6.45, 7) is 0. The third-order valence-corrected chi connectivity index (χ3v) is 6.32. The van der Waals surface area contributed by atoms with Gasteiger partial charge in [-0.3, -0.25) is 4.79 Å². The van der Waals surface area contributed by atoms with E-state index in [1.54, 1.807) is 0 Å². The van der Waals surface area contributed by atoms with Crippen molar-refractivity contribution >= 4 is 11.7 Å². The van der Waals surface area contributed by atoms with Gasteiger partial charge in [0.2, 0.25) is 0 Å². The molecular weight excluding hydrogens is 300 g/mol. The lowest BCUT2D eigenvalue weighted by atomic mass is 9.79. The average molecular weight is 328 g/mol. The molecule has 3 fully saturated rings. The van der Waals surface area contributed by atoms with E-state index >= 15 is 0 Å². The minimum Gasteiger partial charge on any atom is -0.481 e. The van der Waals surface area contributed by atoms with Gasteiger partial charge < -0.3 is 15.7 Å². The van der Waals surface area contributed by atoms with Gasteiger partial charge in [0.05, 0.1) is 5.92 Å². The van der Waals surface area contributed by atoms with Crippen molar-refractivity contribution < 1.29 is 9.90 Å². The Morgan fingerprint density at radius 1 is 1.04 bits per heavy atom. The van der Waals surface area contributed by atoms with E-state index in [0.717, 1.165) is 17.7 Å². The molecule has 0 unspecified atom stereocenters. The molecule has 4 atom stereocenters. The Morgan fingerprint density at radius 2 is 1.79 bits per heavy atom. The number of hydrogen-bond acceptors (Lipinski definition) is 3. The van der Waals surface area contributed by atoms with Gasteiger partial charge in [-0.25, -0.2) is 0 Å². The molecular formula is C20H28N2O2. The normalized spacial score (nSPS) is 33.3. The Labute approximate surface area is 144 Å². The fourth-order valence-corrected chi connectivity index (χ4v) is 5.01. The lowest BCUT2D eigenvalue weighted by Gasteiger charge is -2.38. The molecule has 130 valence electrons. The maximum absolute atomic E-state index is 11.8. The average Bonchev–Trinajstić information content (AvgIpc) is 3.25. The molecule has 1 aromatic rings. The first-order valence-electron chi connectivity index (χ1n) is 9.56. The minimum absolute atomic E-state index is 0.0534. The van der Waals surface area contributed by atoms with Gasteiger partial charge in [0.1, 0.15) is 0 Å². The molecule has 0 spiro atoms. The van der Waals surface area contributed by atoms with Crippen molar-refractivity contribution in [3.8, 4) is 0 Å². The maximum atomic E-state index is 11.8. The van der Waals surface area contributed by atoms with Gasteiger partial charge in [-0.05, 0) is 55.7 Å². The van der Waals surface area contributed by atoms with Gasteiger partial charge in [-0.2, -0.15) is 0 Å². The number of carboxylic acid groups (broad SMARTS) is 1. The first-order valence-corrected chi connectivity index (χ1v) is 9.56. The van der Waals surface area contributed by atoms with Crippen LogP contribution in [-0.4, -0.2) is 23.2 Å². The number of hydrogen-bond donors (Lipinski definition) is 3. The molecule has 1 saturated heterocycles. The highest BCUT2D eigenvalue weighted by Crippen LogP contribution is 2.41. The van der Waals surface area contributed by atoms with E-state index in [4.69, 9.17) is 0 Å². The standard InChI is InChI=1S/C20H28N2O2/c23-20(24)17-12-14-4-3-7-18(14)22-19(17)13-8-10-16(11-9-13)21-15-5-1-2-6-15/h8-11,14-15,17-19,21-22H,1-7,12H2,(H,23,24)/t14-,17+,18-,19+/m1/s1. The van der Waals surface area contributed by atoms with Crippen molar-refractivity contribution in [3.05, 3.63) is 29.8 Å². The molecule has 0 aromatic heterocycles. The summed E-state index contributed by atoms with van der Waals surface area (Å²) in [4.78, 5) is 11.8. The van der Waals surface area contributed by atoms with Crippen molar-refractivity contribution in [2.75, 3.05) is 5.32 Å². The lowest BCUT2D eigenvalue weighted by Crippen LogP contribution is -2.47. The molecule has 2 saturated carbocycles. The summed E-state index contributed by atoms with van der Waals surface area (Å²) in [6, 6.07) is 9.52. The van der Waals surface area contributed by atoms with E-state index in [2.05, 4.69) is 34.9 Å². The Balaban J connectivity index is 1.49. The number of carboxylic acids is 1. The predicted molar refractivity (Wildman–Crippen MR) is 95.1 cm³/mol. The Kier molecular flexibility index (Phi) is 4.49. The van der Waals surface area contributed by atoms with Crippen molar-refractivity contribution in [1.29, 1.82) is 0 Å². The number of nitrogens with one attached hydrogen (secondary N) is 2. The van der Waals surface area contributed by atoms with E-state index < -0.39 is 5.97 Å². The van der Waals surface area contributed by atoms with Crippen LogP contribution in [0.3, 0.4) is 0 Å². The predicted octanol–water partition coefficient (Wildman–Crippen LogP) is 3.95. The second kappa shape index (κ2) is 6.75. The van der Waals surface area contributed by atoms with Crippen LogP contribution in [0.15, 0.2) is 24.3 Å². The maximum Gasteiger partial charge on any atom is 0.308 e. The van der Waals surface area contributed by atoms with Crippen LogP contribution in [-0.2, 0) is 4.79 Å². The first kappa shape index (κ1) is 15.9. The third-order valence-electron chi connectivity index (χ3n) is 6.32. The molecule has 0 radical (unpaired) electrons. The molecule has 1 aliphatic heterocycles. The van der Waals surface area contributed by atoms with Crippen molar-refractivity contribution in [1.82, 2.24) is 5.32 Å². The zero-order valence-corrected chi connectivity index (χ0v) is 14.2. The molecule has 3 aliphatic rings. The van der Waals surface area contributed by atoms with Crippen LogP contribution < -0.4 is 10.6 Å². The summed E-state index contributed by atoms with van der Waals surface area (Å²) in [5, 5.41) is 16.9. The van der Waals surface area contributed by atoms with Crippen LogP contribution in [0, 0.1) is 11.8 Å². The van der Waals surface area contributed by atoms with Crippen LogP contribution in [0.2, 0.25) is 0 Å². The van der Waals surface area contributed by atoms with Crippen LogP contribution in [0.5, 0.6) is 0 Å². The second-order valence-electron chi connectivity index (χ2n) is 7.87.